The van der Waals surface area contributed by atoms with Crippen molar-refractivity contribution in [3.8, 4) is 0 Å². The average molecular weight is 272 g/mol. The third-order valence-electron chi connectivity index (χ3n) is 2.81. The minimum absolute atomic E-state index is 0.500. The molecule has 1 aromatic rings. The van der Waals surface area contributed by atoms with Gasteiger partial charge in [-0.15, -0.1) is 23.2 Å². The Morgan fingerprint density at radius 1 is 1.24 bits per heavy atom. The molecule has 0 atom stereocenters. The highest BCUT2D eigenvalue weighted by molar-refractivity contribution is 6.24. The van der Waals surface area contributed by atoms with Crippen LogP contribution in [0.2, 0.25) is 0 Å². The van der Waals surface area contributed by atoms with Crippen LogP contribution in [-0.4, -0.2) is 16.7 Å². The number of aromatic nitrogens is 1. The van der Waals surface area contributed by atoms with Gasteiger partial charge in [0.25, 0.3) is 0 Å². The quantitative estimate of drug-likeness (QED) is 0.508. The van der Waals surface area contributed by atoms with Gasteiger partial charge >= 0.3 is 0 Å². The Labute approximate surface area is 114 Å². The molecule has 94 valence electrons. The SMILES string of the molecule is CCCCCC(CCl)=C(CCl)c1cccnc1. The largest absolute Gasteiger partial charge is 0.264 e. The first kappa shape index (κ1) is 14.5. The molecule has 0 spiro atoms. The maximum Gasteiger partial charge on any atom is 0.0480 e. The number of unbranched alkanes of at least 4 members (excludes halogenated alkanes) is 2. The first-order valence-electron chi connectivity index (χ1n) is 6.06. The zero-order valence-corrected chi connectivity index (χ0v) is 11.8. The van der Waals surface area contributed by atoms with Crippen LogP contribution in [0.15, 0.2) is 30.1 Å². The van der Waals surface area contributed by atoms with Gasteiger partial charge in [0.15, 0.2) is 0 Å². The standard InChI is InChI=1S/C14H19Cl2N/c1-2-3-4-6-12(9-15)14(10-16)13-7-5-8-17-11-13/h5,7-8,11H,2-4,6,9-10H2,1H3. The lowest BCUT2D eigenvalue weighted by molar-refractivity contribution is 0.714. The monoisotopic (exact) mass is 271 g/mol. The van der Waals surface area contributed by atoms with Gasteiger partial charge in [-0.2, -0.15) is 0 Å². The second-order valence-corrected chi connectivity index (χ2v) is 4.58. The lowest BCUT2D eigenvalue weighted by Crippen LogP contribution is -1.97. The zero-order chi connectivity index (χ0) is 12.5. The second-order valence-electron chi connectivity index (χ2n) is 4.05. The first-order valence-corrected chi connectivity index (χ1v) is 7.13. The fourth-order valence-electron chi connectivity index (χ4n) is 1.80. The Morgan fingerprint density at radius 2 is 2.06 bits per heavy atom. The lowest BCUT2D eigenvalue weighted by atomic mass is 9.99. The van der Waals surface area contributed by atoms with E-state index in [1.54, 1.807) is 6.20 Å². The molecule has 0 amide bonds. The topological polar surface area (TPSA) is 12.9 Å². The molecule has 1 rings (SSSR count). The van der Waals surface area contributed by atoms with Crippen molar-refractivity contribution in [1.82, 2.24) is 4.98 Å². The molecule has 0 saturated carbocycles. The predicted octanol–water partition coefficient (Wildman–Crippen LogP) is 4.89. The van der Waals surface area contributed by atoms with Crippen molar-refractivity contribution in [2.24, 2.45) is 0 Å². The summed E-state index contributed by atoms with van der Waals surface area (Å²) in [5, 5.41) is 0. The fourth-order valence-corrected chi connectivity index (χ4v) is 2.44. The minimum atomic E-state index is 0.500. The molecule has 0 unspecified atom stereocenters. The van der Waals surface area contributed by atoms with Crippen LogP contribution in [0.1, 0.15) is 38.2 Å². The van der Waals surface area contributed by atoms with E-state index in [0.717, 1.165) is 17.6 Å². The van der Waals surface area contributed by atoms with Crippen molar-refractivity contribution in [2.45, 2.75) is 32.6 Å². The number of pyridine rings is 1. The zero-order valence-electron chi connectivity index (χ0n) is 10.3. The molecule has 3 heteroatoms. The average Bonchev–Trinajstić information content (AvgIpc) is 2.39. The highest BCUT2D eigenvalue weighted by Gasteiger charge is 2.07. The third kappa shape index (κ3) is 4.69. The summed E-state index contributed by atoms with van der Waals surface area (Å²) < 4.78 is 0. The molecule has 0 radical (unpaired) electrons. The van der Waals surface area contributed by atoms with Gasteiger partial charge in [-0.3, -0.25) is 4.98 Å². The van der Waals surface area contributed by atoms with E-state index in [-0.39, 0.29) is 0 Å². The van der Waals surface area contributed by atoms with Crippen LogP contribution in [0.5, 0.6) is 0 Å². The summed E-state index contributed by atoms with van der Waals surface area (Å²) in [6.45, 7) is 2.20. The number of allylic oxidation sites excluding steroid dienone is 2. The van der Waals surface area contributed by atoms with Crippen molar-refractivity contribution in [3.63, 3.8) is 0 Å². The van der Waals surface area contributed by atoms with Crippen LogP contribution >= 0.6 is 23.2 Å². The molecule has 0 aromatic carbocycles. The molecule has 17 heavy (non-hydrogen) atoms. The van der Waals surface area contributed by atoms with Gasteiger partial charge in [0.2, 0.25) is 0 Å². The minimum Gasteiger partial charge on any atom is -0.264 e. The third-order valence-corrected chi connectivity index (χ3v) is 3.40. The highest BCUT2D eigenvalue weighted by Crippen LogP contribution is 2.24. The summed E-state index contributed by atoms with van der Waals surface area (Å²) in [7, 11) is 0. The number of rotatable bonds is 7. The number of nitrogens with zero attached hydrogens (tertiary/aromatic N) is 1. The van der Waals surface area contributed by atoms with Crippen LogP contribution in [0, 0.1) is 0 Å². The number of hydrogen-bond acceptors (Lipinski definition) is 1. The molecule has 1 nitrogen and oxygen atoms in total. The van der Waals surface area contributed by atoms with E-state index in [4.69, 9.17) is 23.2 Å². The van der Waals surface area contributed by atoms with E-state index in [1.165, 1.54) is 24.8 Å². The normalized spacial score (nSPS) is 12.4. The summed E-state index contributed by atoms with van der Waals surface area (Å²) in [6.07, 6.45) is 8.30. The summed E-state index contributed by atoms with van der Waals surface area (Å²) in [5.74, 6) is 1.06. The van der Waals surface area contributed by atoms with Gasteiger partial charge in [-0.05, 0) is 30.0 Å². The number of halogens is 2. The van der Waals surface area contributed by atoms with Crippen LogP contribution in [0.4, 0.5) is 0 Å². The summed E-state index contributed by atoms with van der Waals surface area (Å²) >= 11 is 12.1. The number of hydrogen-bond donors (Lipinski definition) is 0. The van der Waals surface area contributed by atoms with Crippen molar-refractivity contribution in [2.75, 3.05) is 11.8 Å². The maximum absolute atomic E-state index is 6.04. The van der Waals surface area contributed by atoms with Gasteiger partial charge in [0.05, 0.1) is 0 Å². The summed E-state index contributed by atoms with van der Waals surface area (Å²) in [4.78, 5) is 4.13. The van der Waals surface area contributed by atoms with E-state index in [1.807, 2.05) is 18.3 Å². The van der Waals surface area contributed by atoms with E-state index in [2.05, 4.69) is 11.9 Å². The Kier molecular flexibility index (Phi) is 7.30. The van der Waals surface area contributed by atoms with Crippen LogP contribution in [0.25, 0.3) is 5.57 Å². The van der Waals surface area contributed by atoms with Crippen LogP contribution < -0.4 is 0 Å². The van der Waals surface area contributed by atoms with E-state index >= 15 is 0 Å². The smallest absolute Gasteiger partial charge is 0.0480 e. The Bertz CT molecular complexity index is 346. The van der Waals surface area contributed by atoms with Crippen molar-refractivity contribution >= 4 is 28.8 Å². The van der Waals surface area contributed by atoms with Crippen molar-refractivity contribution in [1.29, 1.82) is 0 Å². The van der Waals surface area contributed by atoms with Crippen LogP contribution in [0.3, 0.4) is 0 Å². The van der Waals surface area contributed by atoms with E-state index < -0.39 is 0 Å². The Morgan fingerprint density at radius 3 is 2.59 bits per heavy atom. The molecule has 1 heterocycles. The molecular weight excluding hydrogens is 253 g/mol. The first-order chi connectivity index (χ1) is 8.33. The van der Waals surface area contributed by atoms with Crippen LogP contribution in [-0.2, 0) is 0 Å². The van der Waals surface area contributed by atoms with Gasteiger partial charge in [-0.1, -0.05) is 31.4 Å². The van der Waals surface area contributed by atoms with Gasteiger partial charge < -0.3 is 0 Å². The van der Waals surface area contributed by atoms with E-state index in [0.29, 0.717) is 11.8 Å². The van der Waals surface area contributed by atoms with Gasteiger partial charge in [0.1, 0.15) is 0 Å². The molecule has 0 aliphatic heterocycles. The summed E-state index contributed by atoms with van der Waals surface area (Å²) in [5.41, 5.74) is 3.49. The molecule has 0 bridgehead atoms. The van der Waals surface area contributed by atoms with Gasteiger partial charge in [-0.25, -0.2) is 0 Å². The highest BCUT2D eigenvalue weighted by atomic mass is 35.5. The molecule has 0 fully saturated rings. The molecule has 0 N–H and O–H groups in total. The van der Waals surface area contributed by atoms with E-state index in [9.17, 15) is 0 Å². The Balaban J connectivity index is 2.86. The Hall–Kier alpha value is -0.530. The maximum atomic E-state index is 6.04. The molecular formula is C14H19Cl2N. The van der Waals surface area contributed by atoms with Crippen molar-refractivity contribution < 1.29 is 0 Å². The van der Waals surface area contributed by atoms with Crippen molar-refractivity contribution in [3.05, 3.63) is 35.7 Å². The number of alkyl halides is 2. The summed E-state index contributed by atoms with van der Waals surface area (Å²) in [6, 6.07) is 3.97. The predicted molar refractivity (Wildman–Crippen MR) is 76.7 cm³/mol. The molecule has 0 saturated heterocycles. The second kappa shape index (κ2) is 8.54. The lowest BCUT2D eigenvalue weighted by Gasteiger charge is -2.11. The molecule has 1 aromatic heterocycles. The fraction of sp³-hybridized carbons (Fsp3) is 0.500. The molecule has 0 aliphatic carbocycles. The van der Waals surface area contributed by atoms with Gasteiger partial charge in [0, 0.05) is 24.2 Å². The molecule has 0 aliphatic rings.